The third kappa shape index (κ3) is 2.98. The van der Waals surface area contributed by atoms with Gasteiger partial charge in [0.1, 0.15) is 0 Å². The molecule has 2 rings (SSSR count). The van der Waals surface area contributed by atoms with Crippen LogP contribution in [-0.2, 0) is 10.2 Å². The molecule has 2 N–H and O–H groups in total. The maximum atomic E-state index is 12.2. The van der Waals surface area contributed by atoms with E-state index in [-0.39, 0.29) is 23.3 Å². The van der Waals surface area contributed by atoms with Crippen LogP contribution in [0.1, 0.15) is 39.2 Å². The molecule has 0 heterocycles. The molecule has 1 aliphatic carbocycles. The van der Waals surface area contributed by atoms with E-state index in [4.69, 9.17) is 5.73 Å². The molecular formula is C16H24N2O. The van der Waals surface area contributed by atoms with Gasteiger partial charge in [0.25, 0.3) is 0 Å². The predicted octanol–water partition coefficient (Wildman–Crippen LogP) is 2.68. The van der Waals surface area contributed by atoms with E-state index in [1.165, 1.54) is 5.56 Å². The Morgan fingerprint density at radius 2 is 1.74 bits per heavy atom. The quantitative estimate of drug-likeness (QED) is 0.888. The molecule has 1 aromatic rings. The van der Waals surface area contributed by atoms with Gasteiger partial charge in [0.05, 0.1) is 0 Å². The number of benzene rings is 1. The first-order chi connectivity index (χ1) is 8.79. The molecule has 0 spiro atoms. The summed E-state index contributed by atoms with van der Waals surface area (Å²) in [7, 11) is 1.85. The van der Waals surface area contributed by atoms with Gasteiger partial charge >= 0.3 is 0 Å². The summed E-state index contributed by atoms with van der Waals surface area (Å²) in [6, 6.07) is 8.47. The maximum Gasteiger partial charge on any atom is 0.229 e. The molecule has 19 heavy (non-hydrogen) atoms. The molecule has 104 valence electrons. The van der Waals surface area contributed by atoms with Crippen LogP contribution in [0.2, 0.25) is 0 Å². The molecule has 0 unspecified atom stereocenters. The number of amides is 1. The van der Waals surface area contributed by atoms with E-state index in [1.807, 2.05) is 19.2 Å². The van der Waals surface area contributed by atoms with Gasteiger partial charge in [-0.15, -0.1) is 0 Å². The van der Waals surface area contributed by atoms with Gasteiger partial charge in [-0.05, 0) is 36.0 Å². The van der Waals surface area contributed by atoms with Crippen molar-refractivity contribution in [1.29, 1.82) is 0 Å². The number of nitrogens with two attached hydrogens (primary N) is 1. The highest BCUT2D eigenvalue weighted by atomic mass is 16.2. The van der Waals surface area contributed by atoms with Crippen LogP contribution in [0.3, 0.4) is 0 Å². The Morgan fingerprint density at radius 1 is 1.21 bits per heavy atom. The van der Waals surface area contributed by atoms with Crippen molar-refractivity contribution in [2.75, 3.05) is 11.9 Å². The predicted molar refractivity (Wildman–Crippen MR) is 79.3 cm³/mol. The maximum absolute atomic E-state index is 12.2. The molecule has 3 heteroatoms. The molecule has 1 saturated carbocycles. The largest absolute Gasteiger partial charge is 0.328 e. The lowest BCUT2D eigenvalue weighted by atomic mass is 9.80. The van der Waals surface area contributed by atoms with Gasteiger partial charge in [-0.2, -0.15) is 0 Å². The molecule has 3 nitrogen and oxygen atoms in total. The van der Waals surface area contributed by atoms with Crippen LogP contribution >= 0.6 is 0 Å². The van der Waals surface area contributed by atoms with Crippen LogP contribution in [0.4, 0.5) is 5.69 Å². The Kier molecular flexibility index (Phi) is 3.68. The second kappa shape index (κ2) is 4.97. The zero-order valence-electron chi connectivity index (χ0n) is 12.3. The second-order valence-electron chi connectivity index (χ2n) is 6.62. The summed E-state index contributed by atoms with van der Waals surface area (Å²) in [5.74, 6) is 0.299. The smallest absolute Gasteiger partial charge is 0.229 e. The molecule has 0 atom stereocenters. The van der Waals surface area contributed by atoms with Crippen LogP contribution < -0.4 is 10.6 Å². The normalized spacial score (nSPS) is 22.8. The van der Waals surface area contributed by atoms with Crippen LogP contribution in [0, 0.1) is 5.92 Å². The van der Waals surface area contributed by atoms with Crippen molar-refractivity contribution in [3.05, 3.63) is 29.8 Å². The third-order valence-electron chi connectivity index (χ3n) is 3.97. The van der Waals surface area contributed by atoms with Crippen molar-refractivity contribution in [3.8, 4) is 0 Å². The molecule has 0 saturated heterocycles. The SMILES string of the molecule is CN(C(=O)C1CC(N)C1)c1ccc(C(C)(C)C)cc1. The number of anilines is 1. The van der Waals surface area contributed by atoms with Crippen molar-refractivity contribution >= 4 is 11.6 Å². The van der Waals surface area contributed by atoms with Crippen molar-refractivity contribution in [1.82, 2.24) is 0 Å². The Balaban J connectivity index is 2.07. The highest BCUT2D eigenvalue weighted by Gasteiger charge is 2.34. The number of hydrogen-bond donors (Lipinski definition) is 1. The molecule has 1 aliphatic rings. The average molecular weight is 260 g/mol. The summed E-state index contributed by atoms with van der Waals surface area (Å²) < 4.78 is 0. The minimum Gasteiger partial charge on any atom is -0.328 e. The first kappa shape index (κ1) is 14.1. The van der Waals surface area contributed by atoms with E-state index in [0.29, 0.717) is 0 Å². The van der Waals surface area contributed by atoms with Gasteiger partial charge in [-0.1, -0.05) is 32.9 Å². The third-order valence-corrected chi connectivity index (χ3v) is 3.97. The summed E-state index contributed by atoms with van der Waals surface area (Å²) in [5, 5.41) is 0. The highest BCUT2D eigenvalue weighted by Crippen LogP contribution is 2.30. The number of rotatable bonds is 2. The van der Waals surface area contributed by atoms with Crippen molar-refractivity contribution in [2.45, 2.75) is 45.1 Å². The Morgan fingerprint density at radius 3 is 2.16 bits per heavy atom. The Hall–Kier alpha value is -1.35. The molecule has 1 fully saturated rings. The summed E-state index contributed by atoms with van der Waals surface area (Å²) >= 11 is 0. The van der Waals surface area contributed by atoms with Gasteiger partial charge in [0.2, 0.25) is 5.91 Å². The fraction of sp³-hybridized carbons (Fsp3) is 0.562. The molecular weight excluding hydrogens is 236 g/mol. The van der Waals surface area contributed by atoms with Gasteiger partial charge in [0, 0.05) is 24.7 Å². The minimum atomic E-state index is 0.113. The lowest BCUT2D eigenvalue weighted by Gasteiger charge is -2.34. The van der Waals surface area contributed by atoms with E-state index < -0.39 is 0 Å². The standard InChI is InChI=1S/C16H24N2O/c1-16(2,3)12-5-7-14(8-6-12)18(4)15(19)11-9-13(17)10-11/h5-8,11,13H,9-10,17H2,1-4H3. The first-order valence-corrected chi connectivity index (χ1v) is 6.92. The van der Waals surface area contributed by atoms with Gasteiger partial charge in [-0.3, -0.25) is 4.79 Å². The van der Waals surface area contributed by atoms with Gasteiger partial charge < -0.3 is 10.6 Å². The van der Waals surface area contributed by atoms with E-state index in [2.05, 4.69) is 32.9 Å². The molecule has 0 bridgehead atoms. The Bertz CT molecular complexity index is 453. The number of carbonyl (C=O) groups is 1. The van der Waals surface area contributed by atoms with Gasteiger partial charge in [-0.25, -0.2) is 0 Å². The lowest BCUT2D eigenvalue weighted by molar-refractivity contribution is -0.124. The van der Waals surface area contributed by atoms with Crippen LogP contribution in [0.5, 0.6) is 0 Å². The van der Waals surface area contributed by atoms with Crippen molar-refractivity contribution < 1.29 is 4.79 Å². The summed E-state index contributed by atoms with van der Waals surface area (Å²) in [6.45, 7) is 6.56. The molecule has 0 aliphatic heterocycles. The zero-order valence-corrected chi connectivity index (χ0v) is 12.3. The molecule has 1 amide bonds. The fourth-order valence-corrected chi connectivity index (χ4v) is 2.45. The van der Waals surface area contributed by atoms with E-state index in [1.54, 1.807) is 4.90 Å². The van der Waals surface area contributed by atoms with E-state index in [9.17, 15) is 4.79 Å². The summed E-state index contributed by atoms with van der Waals surface area (Å²) in [6.07, 6.45) is 1.65. The van der Waals surface area contributed by atoms with Gasteiger partial charge in [0.15, 0.2) is 0 Å². The van der Waals surface area contributed by atoms with E-state index >= 15 is 0 Å². The molecule has 0 aromatic heterocycles. The Labute approximate surface area is 115 Å². The first-order valence-electron chi connectivity index (χ1n) is 6.92. The number of hydrogen-bond acceptors (Lipinski definition) is 2. The monoisotopic (exact) mass is 260 g/mol. The van der Waals surface area contributed by atoms with Crippen molar-refractivity contribution in [2.24, 2.45) is 11.7 Å². The minimum absolute atomic E-state index is 0.113. The molecule has 0 radical (unpaired) electrons. The topological polar surface area (TPSA) is 46.3 Å². The summed E-state index contributed by atoms with van der Waals surface area (Å²) in [5.41, 5.74) is 8.12. The average Bonchev–Trinajstić information content (AvgIpc) is 2.32. The summed E-state index contributed by atoms with van der Waals surface area (Å²) in [4.78, 5) is 14.0. The second-order valence-corrected chi connectivity index (χ2v) is 6.62. The fourth-order valence-electron chi connectivity index (χ4n) is 2.45. The van der Waals surface area contributed by atoms with Crippen LogP contribution in [0.15, 0.2) is 24.3 Å². The number of nitrogens with zero attached hydrogens (tertiary/aromatic N) is 1. The van der Waals surface area contributed by atoms with Crippen molar-refractivity contribution in [3.63, 3.8) is 0 Å². The van der Waals surface area contributed by atoms with Crippen LogP contribution in [0.25, 0.3) is 0 Å². The highest BCUT2D eigenvalue weighted by molar-refractivity contribution is 5.95. The number of carbonyl (C=O) groups excluding carboxylic acids is 1. The zero-order chi connectivity index (χ0) is 14.2. The van der Waals surface area contributed by atoms with Crippen LogP contribution in [-0.4, -0.2) is 19.0 Å². The lowest BCUT2D eigenvalue weighted by Crippen LogP contribution is -2.45. The molecule has 1 aromatic carbocycles. The van der Waals surface area contributed by atoms with E-state index in [0.717, 1.165) is 18.5 Å².